The van der Waals surface area contributed by atoms with Crippen LogP contribution in [0.15, 0.2) is 0 Å². The van der Waals surface area contributed by atoms with Crippen LogP contribution in [0.5, 0.6) is 0 Å². The highest BCUT2D eigenvalue weighted by Gasteiger charge is 2.17. The van der Waals surface area contributed by atoms with Crippen LogP contribution in [0.3, 0.4) is 0 Å². The summed E-state index contributed by atoms with van der Waals surface area (Å²) in [6.07, 6.45) is 3.63. The molecule has 0 saturated heterocycles. The highest BCUT2D eigenvalue weighted by atomic mass is 16.5. The fourth-order valence-corrected chi connectivity index (χ4v) is 2.22. The molecule has 3 N–H and O–H groups in total. The summed E-state index contributed by atoms with van der Waals surface area (Å²) >= 11 is 0. The van der Waals surface area contributed by atoms with E-state index in [-0.39, 0.29) is 0 Å². The highest BCUT2D eigenvalue weighted by molar-refractivity contribution is 5.29. The standard InChI is InChI=1S/C12H22N4O/c1-17-8-7-13-5-6-14-9-12-10-3-2-4-11(10)15-16-12/h13-14H,2-9H2,1H3,(H,15,16). The molecule has 0 aliphatic heterocycles. The molecule has 1 aliphatic rings. The Labute approximate surface area is 102 Å². The average molecular weight is 238 g/mol. The first-order valence-electron chi connectivity index (χ1n) is 6.37. The molecule has 0 aromatic carbocycles. The summed E-state index contributed by atoms with van der Waals surface area (Å²) in [5, 5.41) is 14.2. The zero-order valence-corrected chi connectivity index (χ0v) is 10.5. The molecule has 0 radical (unpaired) electrons. The fourth-order valence-electron chi connectivity index (χ4n) is 2.22. The summed E-state index contributed by atoms with van der Waals surface area (Å²) in [6.45, 7) is 4.49. The maximum absolute atomic E-state index is 4.96. The third-order valence-electron chi connectivity index (χ3n) is 3.15. The molecule has 1 aliphatic carbocycles. The number of hydrogen-bond acceptors (Lipinski definition) is 4. The first-order chi connectivity index (χ1) is 8.42. The average Bonchev–Trinajstić information content (AvgIpc) is 2.92. The number of aromatic nitrogens is 2. The SMILES string of the molecule is COCCNCCNCc1n[nH]c2c1CCC2. The number of aromatic amines is 1. The van der Waals surface area contributed by atoms with Gasteiger partial charge in [0, 0.05) is 39.0 Å². The quantitative estimate of drug-likeness (QED) is 0.567. The van der Waals surface area contributed by atoms with Gasteiger partial charge in [0.1, 0.15) is 0 Å². The molecule has 0 saturated carbocycles. The number of rotatable bonds is 8. The van der Waals surface area contributed by atoms with Gasteiger partial charge in [0.15, 0.2) is 0 Å². The largest absolute Gasteiger partial charge is 0.383 e. The Bertz CT molecular complexity index is 337. The summed E-state index contributed by atoms with van der Waals surface area (Å²) < 4.78 is 4.96. The van der Waals surface area contributed by atoms with E-state index in [1.807, 2.05) is 0 Å². The number of nitrogens with one attached hydrogen (secondary N) is 3. The van der Waals surface area contributed by atoms with Gasteiger partial charge in [-0.3, -0.25) is 5.10 Å². The second-order valence-corrected chi connectivity index (χ2v) is 4.40. The number of hydrogen-bond donors (Lipinski definition) is 3. The van der Waals surface area contributed by atoms with Crippen molar-refractivity contribution in [1.82, 2.24) is 20.8 Å². The van der Waals surface area contributed by atoms with Gasteiger partial charge in [-0.25, -0.2) is 0 Å². The zero-order chi connectivity index (χ0) is 11.9. The predicted octanol–water partition coefficient (Wildman–Crippen LogP) is 0.224. The normalized spacial score (nSPS) is 14.2. The Hall–Kier alpha value is -0.910. The van der Waals surface area contributed by atoms with Gasteiger partial charge >= 0.3 is 0 Å². The van der Waals surface area contributed by atoms with Crippen molar-refractivity contribution in [3.8, 4) is 0 Å². The first-order valence-corrected chi connectivity index (χ1v) is 6.37. The van der Waals surface area contributed by atoms with Crippen LogP contribution in [-0.4, -0.2) is 43.5 Å². The molecule has 1 aromatic heterocycles. The number of nitrogens with zero attached hydrogens (tertiary/aromatic N) is 1. The lowest BCUT2D eigenvalue weighted by molar-refractivity contribution is 0.199. The lowest BCUT2D eigenvalue weighted by atomic mass is 10.2. The third kappa shape index (κ3) is 3.52. The van der Waals surface area contributed by atoms with Crippen LogP contribution < -0.4 is 10.6 Å². The van der Waals surface area contributed by atoms with Crippen LogP contribution in [0.4, 0.5) is 0 Å². The van der Waals surface area contributed by atoms with Crippen LogP contribution in [0, 0.1) is 0 Å². The van der Waals surface area contributed by atoms with E-state index in [9.17, 15) is 0 Å². The van der Waals surface area contributed by atoms with E-state index in [4.69, 9.17) is 4.74 Å². The van der Waals surface area contributed by atoms with E-state index in [0.717, 1.165) is 32.8 Å². The van der Waals surface area contributed by atoms with Crippen molar-refractivity contribution >= 4 is 0 Å². The van der Waals surface area contributed by atoms with E-state index < -0.39 is 0 Å². The molecule has 5 nitrogen and oxygen atoms in total. The van der Waals surface area contributed by atoms with Crippen LogP contribution in [0.2, 0.25) is 0 Å². The summed E-state index contributed by atoms with van der Waals surface area (Å²) in [7, 11) is 1.72. The summed E-state index contributed by atoms with van der Waals surface area (Å²) in [5.74, 6) is 0. The van der Waals surface area contributed by atoms with Crippen LogP contribution in [0.25, 0.3) is 0 Å². The molecule has 0 fully saturated rings. The third-order valence-corrected chi connectivity index (χ3v) is 3.15. The van der Waals surface area contributed by atoms with E-state index in [0.29, 0.717) is 0 Å². The Morgan fingerprint density at radius 3 is 3.00 bits per heavy atom. The number of ether oxygens (including phenoxy) is 1. The monoisotopic (exact) mass is 238 g/mol. The summed E-state index contributed by atoms with van der Waals surface area (Å²) in [4.78, 5) is 0. The highest BCUT2D eigenvalue weighted by Crippen LogP contribution is 2.22. The van der Waals surface area contributed by atoms with Crippen LogP contribution >= 0.6 is 0 Å². The number of methoxy groups -OCH3 is 1. The van der Waals surface area contributed by atoms with Gasteiger partial charge in [0.2, 0.25) is 0 Å². The first kappa shape index (κ1) is 12.5. The molecular weight excluding hydrogens is 216 g/mol. The lowest BCUT2D eigenvalue weighted by Gasteiger charge is -2.05. The lowest BCUT2D eigenvalue weighted by Crippen LogP contribution is -2.29. The Kier molecular flexibility index (Phi) is 4.97. The molecule has 0 amide bonds. The minimum Gasteiger partial charge on any atom is -0.383 e. The van der Waals surface area contributed by atoms with Crippen molar-refractivity contribution < 1.29 is 4.74 Å². The predicted molar refractivity (Wildman–Crippen MR) is 67.1 cm³/mol. The molecule has 1 heterocycles. The Balaban J connectivity index is 1.59. The van der Waals surface area contributed by atoms with Gasteiger partial charge in [0.25, 0.3) is 0 Å². The fraction of sp³-hybridized carbons (Fsp3) is 0.750. The maximum atomic E-state index is 4.96. The van der Waals surface area contributed by atoms with Crippen LogP contribution in [-0.2, 0) is 24.1 Å². The van der Waals surface area contributed by atoms with Crippen molar-refractivity contribution in [3.05, 3.63) is 17.0 Å². The zero-order valence-electron chi connectivity index (χ0n) is 10.5. The molecular formula is C12H22N4O. The molecule has 0 unspecified atom stereocenters. The minimum atomic E-state index is 0.771. The van der Waals surface area contributed by atoms with E-state index in [2.05, 4.69) is 20.8 Å². The van der Waals surface area contributed by atoms with Crippen LogP contribution in [0.1, 0.15) is 23.4 Å². The maximum Gasteiger partial charge on any atom is 0.0794 e. The number of fused-ring (bicyclic) bond motifs is 1. The van der Waals surface area contributed by atoms with Crippen molar-refractivity contribution in [3.63, 3.8) is 0 Å². The minimum absolute atomic E-state index is 0.771. The van der Waals surface area contributed by atoms with E-state index >= 15 is 0 Å². The molecule has 2 rings (SSSR count). The second kappa shape index (κ2) is 6.74. The molecule has 0 spiro atoms. The van der Waals surface area contributed by atoms with E-state index in [1.165, 1.54) is 36.2 Å². The topological polar surface area (TPSA) is 62.0 Å². The van der Waals surface area contributed by atoms with Crippen molar-refractivity contribution in [2.24, 2.45) is 0 Å². The summed E-state index contributed by atoms with van der Waals surface area (Å²) in [5.41, 5.74) is 4.00. The van der Waals surface area contributed by atoms with Gasteiger partial charge in [0.05, 0.1) is 12.3 Å². The number of aryl methyl sites for hydroxylation is 1. The van der Waals surface area contributed by atoms with Gasteiger partial charge in [-0.05, 0) is 24.8 Å². The van der Waals surface area contributed by atoms with Gasteiger partial charge in [-0.2, -0.15) is 5.10 Å². The molecule has 0 atom stereocenters. The Morgan fingerprint density at radius 1 is 1.24 bits per heavy atom. The molecule has 1 aromatic rings. The van der Waals surface area contributed by atoms with E-state index in [1.54, 1.807) is 7.11 Å². The van der Waals surface area contributed by atoms with Gasteiger partial charge < -0.3 is 15.4 Å². The molecule has 0 bridgehead atoms. The smallest absolute Gasteiger partial charge is 0.0794 e. The molecule has 17 heavy (non-hydrogen) atoms. The van der Waals surface area contributed by atoms with Gasteiger partial charge in [-0.1, -0.05) is 0 Å². The molecule has 96 valence electrons. The van der Waals surface area contributed by atoms with Crippen molar-refractivity contribution in [1.29, 1.82) is 0 Å². The Morgan fingerprint density at radius 2 is 2.12 bits per heavy atom. The number of H-pyrrole nitrogens is 1. The summed E-state index contributed by atoms with van der Waals surface area (Å²) in [6, 6.07) is 0. The van der Waals surface area contributed by atoms with Crippen molar-refractivity contribution in [2.45, 2.75) is 25.8 Å². The van der Waals surface area contributed by atoms with Gasteiger partial charge in [-0.15, -0.1) is 0 Å². The second-order valence-electron chi connectivity index (χ2n) is 4.40. The van der Waals surface area contributed by atoms with Crippen molar-refractivity contribution in [2.75, 3.05) is 33.4 Å². The molecule has 5 heteroatoms.